The Bertz CT molecular complexity index is 2240. The number of fused-ring (bicyclic) bond motifs is 2. The maximum atomic E-state index is 13.7. The van der Waals surface area contributed by atoms with Crippen molar-refractivity contribution in [2.24, 2.45) is 41.4 Å². The third-order valence-electron chi connectivity index (χ3n) is 20.8. The van der Waals surface area contributed by atoms with Gasteiger partial charge in [0.2, 0.25) is 0 Å². The number of allylic oxidation sites excluding steroid dienone is 2. The summed E-state index contributed by atoms with van der Waals surface area (Å²) in [4.78, 5) is 15.4. The lowest BCUT2D eigenvalue weighted by molar-refractivity contribution is -0.351. The van der Waals surface area contributed by atoms with Gasteiger partial charge in [-0.2, -0.15) is 0 Å². The van der Waals surface area contributed by atoms with Gasteiger partial charge in [0.15, 0.2) is 12.1 Å². The number of nitrogens with zero attached hydrogens (tertiary/aromatic N) is 1. The Balaban J connectivity index is 1.84. The predicted octanol–water partition coefficient (Wildman–Crippen LogP) is 5.53. The normalized spacial score (nSPS) is 42.2. The first-order chi connectivity index (χ1) is 44.5. The highest BCUT2D eigenvalue weighted by Crippen LogP contribution is 2.42. The maximum absolute atomic E-state index is 13.7. The first-order valence-corrected chi connectivity index (χ1v) is 35.9. The summed E-state index contributed by atoms with van der Waals surface area (Å²) >= 11 is 0. The molecule has 95 heavy (non-hydrogen) atoms. The van der Waals surface area contributed by atoms with Crippen LogP contribution in [0.4, 0.5) is 0 Å². The van der Waals surface area contributed by atoms with Gasteiger partial charge in [-0.3, -0.25) is 4.79 Å². The van der Waals surface area contributed by atoms with Crippen LogP contribution in [0.3, 0.4) is 0 Å². The number of likely N-dealkylation sites (N-methyl/N-ethyl adjacent to an activating group) is 1. The van der Waals surface area contributed by atoms with Crippen LogP contribution in [0, 0.1) is 41.4 Å². The summed E-state index contributed by atoms with van der Waals surface area (Å²) in [6.07, 6.45) is -2.98. The van der Waals surface area contributed by atoms with Crippen molar-refractivity contribution in [3.05, 3.63) is 47.6 Å². The van der Waals surface area contributed by atoms with Crippen LogP contribution in [0.1, 0.15) is 217 Å². The Morgan fingerprint density at radius 3 is 1.78 bits per heavy atom. The second kappa shape index (κ2) is 43.4. The number of unbranched alkanes of at least 4 members (excludes halogenated alkanes) is 1. The molecule has 0 aromatic heterocycles. The van der Waals surface area contributed by atoms with E-state index in [9.17, 15) is 86.5 Å². The number of aliphatic hydroxyl groups excluding tert-OH is 15. The van der Waals surface area contributed by atoms with E-state index < -0.39 is 170 Å². The fraction of sp³-hybridized carbons (Fsp3) is 0.877. The van der Waals surface area contributed by atoms with Gasteiger partial charge in [0.1, 0.15) is 12.2 Å². The molecule has 3 aliphatic rings. The van der Waals surface area contributed by atoms with Crippen LogP contribution in [0.2, 0.25) is 0 Å². The van der Waals surface area contributed by atoms with E-state index in [1.54, 1.807) is 92.6 Å². The predicted molar refractivity (Wildman–Crippen MR) is 364 cm³/mol. The Labute approximate surface area is 568 Å². The van der Waals surface area contributed by atoms with Gasteiger partial charge in [0, 0.05) is 48.9 Å². The third-order valence-corrected chi connectivity index (χ3v) is 20.8. The molecule has 16 N–H and O–H groups in total. The Morgan fingerprint density at radius 1 is 0.611 bits per heavy atom. The quantitative estimate of drug-likeness (QED) is 0.0806. The second-order valence-electron chi connectivity index (χ2n) is 29.8. The summed E-state index contributed by atoms with van der Waals surface area (Å²) in [5.74, 6) is -5.97. The molecule has 0 saturated carbocycles. The van der Waals surface area contributed by atoms with Crippen molar-refractivity contribution < 1.29 is 105 Å². The molecule has 2 bridgehead atoms. The Kier molecular flexibility index (Phi) is 39.7. The van der Waals surface area contributed by atoms with Crippen LogP contribution in [0.25, 0.3) is 0 Å². The van der Waals surface area contributed by atoms with Crippen LogP contribution in [0.5, 0.6) is 0 Å². The molecule has 0 aromatic carbocycles. The average Bonchev–Trinajstić information content (AvgIpc) is 0.774. The number of carbonyl (C=O) groups is 1. The molecule has 0 spiro atoms. The molecule has 3 rings (SSSR count). The summed E-state index contributed by atoms with van der Waals surface area (Å²) < 4.78 is 24.5. The van der Waals surface area contributed by atoms with Crippen molar-refractivity contribution in [3.8, 4) is 0 Å². The molecule has 0 radical (unpaired) electrons. The number of hydrogen-bond acceptors (Lipinski definition) is 22. The minimum Gasteiger partial charge on any atom is -0.458 e. The summed E-state index contributed by atoms with van der Waals surface area (Å²) in [7, 11) is 3.41. The molecule has 0 amide bonds. The largest absolute Gasteiger partial charge is 0.458 e. The molecular formula is C73H133NO21. The molecule has 22 heteroatoms. The van der Waals surface area contributed by atoms with E-state index in [2.05, 4.69) is 13.8 Å². The number of ether oxygens (including phenoxy) is 4. The smallest absolute Gasteiger partial charge is 0.311 e. The van der Waals surface area contributed by atoms with Crippen LogP contribution in [-0.4, -0.2) is 241 Å². The zero-order valence-electron chi connectivity index (χ0n) is 59.8. The van der Waals surface area contributed by atoms with Crippen LogP contribution < -0.4 is 0 Å². The lowest BCUT2D eigenvalue weighted by Crippen LogP contribution is -2.64. The van der Waals surface area contributed by atoms with Crippen molar-refractivity contribution >= 4 is 5.97 Å². The van der Waals surface area contributed by atoms with E-state index >= 15 is 0 Å². The Morgan fingerprint density at radius 2 is 1.18 bits per heavy atom. The molecule has 3 heterocycles. The summed E-state index contributed by atoms with van der Waals surface area (Å²) in [6.45, 7) is 19.6. The van der Waals surface area contributed by atoms with E-state index in [1.807, 2.05) is 13.0 Å². The molecule has 28 atom stereocenters. The van der Waals surface area contributed by atoms with Gasteiger partial charge < -0.3 is 106 Å². The first kappa shape index (κ1) is 86.8. The topological polar surface area (TPSA) is 381 Å². The highest BCUT2D eigenvalue weighted by atomic mass is 16.7. The monoisotopic (exact) mass is 1360 g/mol. The molecule has 0 aromatic rings. The van der Waals surface area contributed by atoms with Gasteiger partial charge >= 0.3 is 5.97 Å². The number of esters is 1. The third kappa shape index (κ3) is 30.4. The van der Waals surface area contributed by atoms with Crippen molar-refractivity contribution in [2.45, 2.75) is 352 Å². The van der Waals surface area contributed by atoms with Crippen molar-refractivity contribution in [1.29, 1.82) is 0 Å². The number of aliphatic hydroxyl groups is 16. The summed E-state index contributed by atoms with van der Waals surface area (Å²) in [5, 5.41) is 179. The van der Waals surface area contributed by atoms with Gasteiger partial charge in [-0.1, -0.05) is 98.1 Å². The molecule has 556 valence electrons. The standard InChI is InChI=1S/C73H133NO21/c1-42(2)21-14-16-23-52-35-45(5)64(86)38-55(77)26-19-29-59(81)47(7)58(80)27-17-15-22-44(4)69(88)49(9)65-40-66(94-72-71(90)68(74(12)13)70(89)51(11)93-72)50(10)73(91,95-65)41-67(87)92-46(6)32-33-56(78)36-53(75)24-18-28-60(82)48(8)61(83)34-31-43(3)63(85)39-57(79)37-54(76)25-20-30-62(52)84/h15,17,22,32-33,35,42-43,46-66,68-72,75-86,88-91H,14,16,18-21,23-31,34,36-41H2,1-13H3/t43?,46?,47?,48?,49?,50?,51-,52?,53?,54?,55?,56?,57?,58?,59?,60?,61?,62?,63?,64?,65?,66?,68+,69?,70-,71-,72+,73?/m1/s1. The van der Waals surface area contributed by atoms with Crippen LogP contribution in [-0.2, 0) is 23.7 Å². The average molecular weight is 1360 g/mol. The molecule has 22 nitrogen and oxygen atoms in total. The van der Waals surface area contributed by atoms with E-state index in [-0.39, 0.29) is 76.0 Å². The molecule has 3 aliphatic heterocycles. The SMILES string of the molecule is CC1=CC(CCCCC(C)C)C(O)CCCC(O)CC(O)CC(O)C(C)CCC(O)C(C)C(O)CCCC(O)CC(O)C=CC(C)OC(=O)CC2(O)OC(CC(O[C@@H]3O[C@H](C)[C@@H](O)[C@H](N(C)C)[C@H]3O)C2C)C(C)C(O)C(C)=CC=CCC(O)C(C)C(O)CCCC(O)CC1O. The van der Waals surface area contributed by atoms with E-state index in [0.29, 0.717) is 68.4 Å². The number of carbonyl (C=O) groups excluding carboxylic acids is 1. The maximum Gasteiger partial charge on any atom is 0.311 e. The van der Waals surface area contributed by atoms with Gasteiger partial charge in [0.05, 0.1) is 116 Å². The van der Waals surface area contributed by atoms with E-state index in [1.165, 1.54) is 12.2 Å². The van der Waals surface area contributed by atoms with Crippen molar-refractivity contribution in [1.82, 2.24) is 4.90 Å². The Hall–Kier alpha value is -2.37. The van der Waals surface area contributed by atoms with Crippen molar-refractivity contribution in [2.75, 3.05) is 14.1 Å². The van der Waals surface area contributed by atoms with E-state index in [0.717, 1.165) is 19.3 Å². The van der Waals surface area contributed by atoms with E-state index in [4.69, 9.17) is 18.9 Å². The zero-order chi connectivity index (χ0) is 71.6. The number of rotatable bonds is 8. The van der Waals surface area contributed by atoms with Crippen molar-refractivity contribution in [3.63, 3.8) is 0 Å². The molecule has 2 fully saturated rings. The molecular weight excluding hydrogens is 1230 g/mol. The number of hydrogen-bond donors (Lipinski definition) is 16. The van der Waals surface area contributed by atoms with Crippen LogP contribution in [0.15, 0.2) is 47.6 Å². The second-order valence-corrected chi connectivity index (χ2v) is 29.8. The summed E-state index contributed by atoms with van der Waals surface area (Å²) in [6, 6.07) is -0.776. The summed E-state index contributed by atoms with van der Waals surface area (Å²) in [5.41, 5.74) is 1.12. The molecule has 23 unspecified atom stereocenters. The van der Waals surface area contributed by atoms with Gasteiger partial charge in [0.25, 0.3) is 0 Å². The van der Waals surface area contributed by atoms with Gasteiger partial charge in [-0.05, 0) is 167 Å². The molecule has 2 saturated heterocycles. The molecule has 0 aliphatic carbocycles. The lowest BCUT2D eigenvalue weighted by atomic mass is 9.80. The minimum atomic E-state index is -2.25. The lowest BCUT2D eigenvalue weighted by Gasteiger charge is -2.50. The number of cyclic esters (lactones) is 1. The highest BCUT2D eigenvalue weighted by Gasteiger charge is 2.53. The highest BCUT2D eigenvalue weighted by molar-refractivity contribution is 5.71. The van der Waals surface area contributed by atoms with Crippen LogP contribution >= 0.6 is 0 Å². The minimum absolute atomic E-state index is 0.0120. The van der Waals surface area contributed by atoms with Gasteiger partial charge in [-0.25, -0.2) is 0 Å². The first-order valence-electron chi connectivity index (χ1n) is 35.9. The van der Waals surface area contributed by atoms with Gasteiger partial charge in [-0.15, -0.1) is 0 Å². The fourth-order valence-electron chi connectivity index (χ4n) is 13.6. The zero-order valence-corrected chi connectivity index (χ0v) is 59.8. The fourth-order valence-corrected chi connectivity index (χ4v) is 13.6.